The number of nitrogens with two attached hydrogens (primary N) is 1. The average Bonchev–Trinajstić information content (AvgIpc) is 2.68. The normalized spacial score (nSPS) is 11.3. The first kappa shape index (κ1) is 20.6. The molecule has 0 bridgehead atoms. The molecule has 0 amide bonds. The first-order valence-corrected chi connectivity index (χ1v) is 8.43. The summed E-state index contributed by atoms with van der Waals surface area (Å²) in [6, 6.07) is 22.8. The van der Waals surface area contributed by atoms with E-state index in [1.807, 2.05) is 54.6 Å². The Balaban J connectivity index is 0.00000261. The summed E-state index contributed by atoms with van der Waals surface area (Å²) in [5.41, 5.74) is 9.75. The molecule has 0 saturated heterocycles. The van der Waals surface area contributed by atoms with Crippen LogP contribution in [-0.2, 0) is 22.6 Å². The number of carbonyl (C=O) groups is 1. The van der Waals surface area contributed by atoms with Crippen LogP contribution in [0.3, 0.4) is 0 Å². The van der Waals surface area contributed by atoms with Crippen LogP contribution in [0.4, 0.5) is 4.39 Å². The highest BCUT2D eigenvalue weighted by molar-refractivity contribution is 5.85. The summed E-state index contributed by atoms with van der Waals surface area (Å²) in [4.78, 5) is 12.1. The van der Waals surface area contributed by atoms with Crippen molar-refractivity contribution >= 4 is 18.4 Å². The Morgan fingerprint density at radius 1 is 0.852 bits per heavy atom. The fourth-order valence-electron chi connectivity index (χ4n) is 2.65. The van der Waals surface area contributed by atoms with Crippen LogP contribution in [0.25, 0.3) is 11.1 Å². The van der Waals surface area contributed by atoms with Gasteiger partial charge in [0.15, 0.2) is 0 Å². The predicted molar refractivity (Wildman–Crippen MR) is 107 cm³/mol. The smallest absolute Gasteiger partial charge is 0.323 e. The van der Waals surface area contributed by atoms with Gasteiger partial charge in [0.25, 0.3) is 0 Å². The van der Waals surface area contributed by atoms with Gasteiger partial charge in [0.2, 0.25) is 0 Å². The van der Waals surface area contributed by atoms with Gasteiger partial charge in [0.1, 0.15) is 18.5 Å². The standard InChI is InChI=1S/C22H20FNO2.ClH/c23-20-12-10-19(11-13-20)18-8-6-16(7-9-18)14-21(24)22(25)26-15-17-4-2-1-3-5-17;/h1-13,21H,14-15,24H2;1H/t21-;/m0./s1. The van der Waals surface area contributed by atoms with E-state index in [4.69, 9.17) is 10.5 Å². The van der Waals surface area contributed by atoms with Gasteiger partial charge in [-0.3, -0.25) is 4.79 Å². The molecule has 3 rings (SSSR count). The Labute approximate surface area is 164 Å². The Kier molecular flexibility index (Phi) is 7.53. The van der Waals surface area contributed by atoms with Crippen molar-refractivity contribution in [2.45, 2.75) is 19.1 Å². The van der Waals surface area contributed by atoms with Gasteiger partial charge in [-0.15, -0.1) is 12.4 Å². The molecule has 0 fully saturated rings. The van der Waals surface area contributed by atoms with E-state index in [1.54, 1.807) is 12.1 Å². The fourth-order valence-corrected chi connectivity index (χ4v) is 2.65. The lowest BCUT2D eigenvalue weighted by Gasteiger charge is -2.12. The minimum atomic E-state index is -0.713. The second-order valence-electron chi connectivity index (χ2n) is 6.11. The molecule has 2 N–H and O–H groups in total. The molecule has 0 heterocycles. The maximum absolute atomic E-state index is 13.0. The summed E-state index contributed by atoms with van der Waals surface area (Å²) in [7, 11) is 0. The van der Waals surface area contributed by atoms with Crippen LogP contribution in [0, 0.1) is 5.82 Å². The first-order valence-electron chi connectivity index (χ1n) is 8.43. The van der Waals surface area contributed by atoms with E-state index >= 15 is 0 Å². The van der Waals surface area contributed by atoms with Gasteiger partial charge in [-0.05, 0) is 40.8 Å². The molecule has 3 aromatic carbocycles. The Hall–Kier alpha value is -2.69. The molecular weight excluding hydrogens is 365 g/mol. The average molecular weight is 386 g/mol. The van der Waals surface area contributed by atoms with Gasteiger partial charge in [-0.1, -0.05) is 66.7 Å². The molecule has 140 valence electrons. The molecule has 0 spiro atoms. The zero-order valence-electron chi connectivity index (χ0n) is 14.7. The Bertz CT molecular complexity index is 852. The van der Waals surface area contributed by atoms with Gasteiger partial charge in [-0.25, -0.2) is 4.39 Å². The predicted octanol–water partition coefficient (Wildman–Crippen LogP) is 4.53. The summed E-state index contributed by atoms with van der Waals surface area (Å²) >= 11 is 0. The molecule has 0 aliphatic heterocycles. The van der Waals surface area contributed by atoms with E-state index in [1.165, 1.54) is 12.1 Å². The topological polar surface area (TPSA) is 52.3 Å². The van der Waals surface area contributed by atoms with Gasteiger partial charge in [0, 0.05) is 0 Å². The number of hydrogen-bond donors (Lipinski definition) is 1. The van der Waals surface area contributed by atoms with Crippen molar-refractivity contribution in [2.24, 2.45) is 5.73 Å². The highest BCUT2D eigenvalue weighted by Crippen LogP contribution is 2.20. The van der Waals surface area contributed by atoms with E-state index < -0.39 is 12.0 Å². The van der Waals surface area contributed by atoms with Crippen LogP contribution in [0.2, 0.25) is 0 Å². The number of esters is 1. The number of hydrogen-bond acceptors (Lipinski definition) is 3. The molecule has 0 radical (unpaired) electrons. The third-order valence-corrected chi connectivity index (χ3v) is 4.11. The zero-order chi connectivity index (χ0) is 18.4. The molecule has 1 atom stereocenters. The molecule has 0 unspecified atom stereocenters. The number of halogens is 2. The lowest BCUT2D eigenvalue weighted by molar-refractivity contribution is -0.146. The maximum atomic E-state index is 13.0. The van der Waals surface area contributed by atoms with Gasteiger partial charge < -0.3 is 10.5 Å². The van der Waals surface area contributed by atoms with Crippen molar-refractivity contribution in [1.82, 2.24) is 0 Å². The van der Waals surface area contributed by atoms with Crippen LogP contribution in [0.1, 0.15) is 11.1 Å². The van der Waals surface area contributed by atoms with Crippen LogP contribution in [-0.4, -0.2) is 12.0 Å². The minimum absolute atomic E-state index is 0. The van der Waals surface area contributed by atoms with E-state index in [-0.39, 0.29) is 24.8 Å². The summed E-state index contributed by atoms with van der Waals surface area (Å²) in [6.07, 6.45) is 0.400. The van der Waals surface area contributed by atoms with E-state index in [0.717, 1.165) is 22.3 Å². The molecule has 5 heteroatoms. The van der Waals surface area contributed by atoms with Crippen molar-refractivity contribution in [3.8, 4) is 11.1 Å². The second-order valence-corrected chi connectivity index (χ2v) is 6.11. The summed E-state index contributed by atoms with van der Waals surface area (Å²) < 4.78 is 18.3. The maximum Gasteiger partial charge on any atom is 0.323 e. The summed E-state index contributed by atoms with van der Waals surface area (Å²) in [6.45, 7) is 0.219. The molecule has 27 heavy (non-hydrogen) atoms. The number of carbonyl (C=O) groups excluding carboxylic acids is 1. The molecular formula is C22H21ClFNO2. The van der Waals surface area contributed by atoms with Gasteiger partial charge >= 0.3 is 5.97 Å². The van der Waals surface area contributed by atoms with Crippen molar-refractivity contribution in [2.75, 3.05) is 0 Å². The lowest BCUT2D eigenvalue weighted by Crippen LogP contribution is -2.34. The fraction of sp³-hybridized carbons (Fsp3) is 0.136. The monoisotopic (exact) mass is 385 g/mol. The second kappa shape index (κ2) is 9.86. The van der Waals surface area contributed by atoms with Gasteiger partial charge in [0.05, 0.1) is 0 Å². The Morgan fingerprint density at radius 2 is 1.41 bits per heavy atom. The van der Waals surface area contributed by atoms with Crippen molar-refractivity contribution in [3.05, 3.63) is 95.8 Å². The zero-order valence-corrected chi connectivity index (χ0v) is 15.5. The third kappa shape index (κ3) is 5.91. The van der Waals surface area contributed by atoms with Crippen molar-refractivity contribution < 1.29 is 13.9 Å². The van der Waals surface area contributed by atoms with E-state index in [2.05, 4.69) is 0 Å². The van der Waals surface area contributed by atoms with Crippen LogP contribution in [0.5, 0.6) is 0 Å². The minimum Gasteiger partial charge on any atom is -0.460 e. The van der Waals surface area contributed by atoms with E-state index in [0.29, 0.717) is 6.42 Å². The Morgan fingerprint density at radius 3 is 2.00 bits per heavy atom. The van der Waals surface area contributed by atoms with Crippen molar-refractivity contribution in [1.29, 1.82) is 0 Å². The number of ether oxygens (including phenoxy) is 1. The highest BCUT2D eigenvalue weighted by atomic mass is 35.5. The molecule has 3 aromatic rings. The van der Waals surface area contributed by atoms with Crippen LogP contribution in [0.15, 0.2) is 78.9 Å². The SMILES string of the molecule is Cl.N[C@@H](Cc1ccc(-c2ccc(F)cc2)cc1)C(=O)OCc1ccccc1. The number of rotatable bonds is 6. The largest absolute Gasteiger partial charge is 0.460 e. The van der Waals surface area contributed by atoms with E-state index in [9.17, 15) is 9.18 Å². The summed E-state index contributed by atoms with van der Waals surface area (Å²) in [5.74, 6) is -0.679. The first-order chi connectivity index (χ1) is 12.6. The van der Waals surface area contributed by atoms with Crippen LogP contribution >= 0.6 is 12.4 Å². The summed E-state index contributed by atoms with van der Waals surface area (Å²) in [5, 5.41) is 0. The quantitative estimate of drug-likeness (QED) is 0.634. The highest BCUT2D eigenvalue weighted by Gasteiger charge is 2.16. The third-order valence-electron chi connectivity index (χ3n) is 4.11. The molecule has 0 aromatic heterocycles. The van der Waals surface area contributed by atoms with Crippen LogP contribution < -0.4 is 5.73 Å². The van der Waals surface area contributed by atoms with Gasteiger partial charge in [-0.2, -0.15) is 0 Å². The molecule has 0 saturated carbocycles. The molecule has 0 aliphatic carbocycles. The lowest BCUT2D eigenvalue weighted by atomic mass is 10.0. The number of benzene rings is 3. The van der Waals surface area contributed by atoms with Crippen molar-refractivity contribution in [3.63, 3.8) is 0 Å². The molecule has 0 aliphatic rings. The molecule has 3 nitrogen and oxygen atoms in total.